The van der Waals surface area contributed by atoms with Gasteiger partial charge in [0, 0.05) is 12.4 Å². The SMILES string of the molecule is O=c1c2nncn2ccn1-c1ccc(F)c(Cl)c1. The molecule has 0 atom stereocenters. The molecule has 0 aliphatic rings. The van der Waals surface area contributed by atoms with Crippen LogP contribution in [-0.4, -0.2) is 19.2 Å². The average Bonchev–Trinajstić information content (AvgIpc) is 2.83. The molecule has 0 bridgehead atoms. The molecule has 2 aromatic heterocycles. The third kappa shape index (κ3) is 1.58. The maximum Gasteiger partial charge on any atom is 0.300 e. The van der Waals surface area contributed by atoms with Gasteiger partial charge in [0.05, 0.1) is 10.7 Å². The highest BCUT2D eigenvalue weighted by molar-refractivity contribution is 6.30. The van der Waals surface area contributed by atoms with Gasteiger partial charge in [-0.25, -0.2) is 4.39 Å². The summed E-state index contributed by atoms with van der Waals surface area (Å²) in [7, 11) is 0. The van der Waals surface area contributed by atoms with Crippen LogP contribution in [0, 0.1) is 5.82 Å². The Morgan fingerprint density at radius 2 is 2.11 bits per heavy atom. The van der Waals surface area contributed by atoms with E-state index in [9.17, 15) is 9.18 Å². The van der Waals surface area contributed by atoms with E-state index < -0.39 is 5.82 Å². The second kappa shape index (κ2) is 3.92. The van der Waals surface area contributed by atoms with Crippen LogP contribution in [0.2, 0.25) is 5.02 Å². The van der Waals surface area contributed by atoms with Crippen LogP contribution >= 0.6 is 11.6 Å². The van der Waals surface area contributed by atoms with E-state index >= 15 is 0 Å². The Balaban J connectivity index is 2.28. The molecule has 0 spiro atoms. The van der Waals surface area contributed by atoms with Crippen LogP contribution in [-0.2, 0) is 0 Å². The monoisotopic (exact) mass is 264 g/mol. The van der Waals surface area contributed by atoms with E-state index in [1.54, 1.807) is 12.4 Å². The van der Waals surface area contributed by atoms with Crippen molar-refractivity contribution in [2.45, 2.75) is 0 Å². The Hall–Kier alpha value is -2.21. The lowest BCUT2D eigenvalue weighted by Crippen LogP contribution is -2.20. The standard InChI is InChI=1S/C11H6ClFN4O/c12-8-5-7(1-2-9(8)13)17-4-3-16-6-14-15-10(16)11(17)18/h1-6H. The van der Waals surface area contributed by atoms with Gasteiger partial charge in [0.15, 0.2) is 0 Å². The number of rotatable bonds is 1. The third-order valence-corrected chi connectivity index (χ3v) is 2.83. The molecule has 0 amide bonds. The van der Waals surface area contributed by atoms with Crippen LogP contribution in [0.5, 0.6) is 0 Å². The fourth-order valence-corrected chi connectivity index (χ4v) is 1.83. The van der Waals surface area contributed by atoms with E-state index in [2.05, 4.69) is 10.2 Å². The molecule has 1 aromatic carbocycles. The molecule has 3 rings (SSSR count). The van der Waals surface area contributed by atoms with Crippen molar-refractivity contribution in [2.24, 2.45) is 0 Å². The molecule has 0 fully saturated rings. The van der Waals surface area contributed by atoms with Gasteiger partial charge in [-0.05, 0) is 18.2 Å². The lowest BCUT2D eigenvalue weighted by atomic mass is 10.3. The highest BCUT2D eigenvalue weighted by Gasteiger charge is 2.08. The van der Waals surface area contributed by atoms with E-state index in [4.69, 9.17) is 11.6 Å². The molecular weight excluding hydrogens is 259 g/mol. The quantitative estimate of drug-likeness (QED) is 0.672. The molecule has 0 aliphatic carbocycles. The molecule has 0 saturated carbocycles. The third-order valence-electron chi connectivity index (χ3n) is 2.54. The van der Waals surface area contributed by atoms with Crippen molar-refractivity contribution in [1.29, 1.82) is 0 Å². The largest absolute Gasteiger partial charge is 0.300 e. The fourth-order valence-electron chi connectivity index (χ4n) is 1.66. The molecule has 18 heavy (non-hydrogen) atoms. The molecular formula is C11H6ClFN4O. The summed E-state index contributed by atoms with van der Waals surface area (Å²) in [5, 5.41) is 7.32. The van der Waals surface area contributed by atoms with Gasteiger partial charge in [-0.2, -0.15) is 0 Å². The summed E-state index contributed by atoms with van der Waals surface area (Å²) in [4.78, 5) is 12.1. The minimum atomic E-state index is -0.531. The van der Waals surface area contributed by atoms with Gasteiger partial charge in [-0.1, -0.05) is 11.6 Å². The van der Waals surface area contributed by atoms with Crippen LogP contribution in [0.15, 0.2) is 41.7 Å². The highest BCUT2D eigenvalue weighted by atomic mass is 35.5. The summed E-state index contributed by atoms with van der Waals surface area (Å²) in [6, 6.07) is 4.05. The fraction of sp³-hybridized carbons (Fsp3) is 0. The number of aromatic nitrogens is 4. The Kier molecular flexibility index (Phi) is 2.38. The smallest absolute Gasteiger partial charge is 0.283 e. The van der Waals surface area contributed by atoms with Gasteiger partial charge in [0.1, 0.15) is 12.1 Å². The van der Waals surface area contributed by atoms with Crippen molar-refractivity contribution in [3.05, 3.63) is 58.1 Å². The van der Waals surface area contributed by atoms with Crippen molar-refractivity contribution in [2.75, 3.05) is 0 Å². The first-order valence-electron chi connectivity index (χ1n) is 5.03. The van der Waals surface area contributed by atoms with Crippen molar-refractivity contribution < 1.29 is 4.39 Å². The molecule has 3 aromatic rings. The summed E-state index contributed by atoms with van der Waals surface area (Å²) in [6.07, 6.45) is 4.61. The molecule has 90 valence electrons. The zero-order valence-corrected chi connectivity index (χ0v) is 9.67. The number of benzene rings is 1. The number of nitrogens with zero attached hydrogens (tertiary/aromatic N) is 4. The maximum atomic E-state index is 13.1. The predicted octanol–water partition coefficient (Wildman–Crippen LogP) is 1.67. The highest BCUT2D eigenvalue weighted by Crippen LogP contribution is 2.17. The van der Waals surface area contributed by atoms with Gasteiger partial charge in [0.2, 0.25) is 5.65 Å². The predicted molar refractivity (Wildman–Crippen MR) is 63.6 cm³/mol. The van der Waals surface area contributed by atoms with Crippen LogP contribution in [0.25, 0.3) is 11.3 Å². The molecule has 7 heteroatoms. The first kappa shape index (κ1) is 10.9. The molecule has 5 nitrogen and oxygen atoms in total. The zero-order chi connectivity index (χ0) is 12.7. The lowest BCUT2D eigenvalue weighted by Gasteiger charge is -2.06. The summed E-state index contributed by atoms with van der Waals surface area (Å²) >= 11 is 5.69. The van der Waals surface area contributed by atoms with Crippen molar-refractivity contribution in [3.63, 3.8) is 0 Å². The number of halogens is 2. The topological polar surface area (TPSA) is 52.2 Å². The summed E-state index contributed by atoms with van der Waals surface area (Å²) in [5.74, 6) is -0.531. The van der Waals surface area contributed by atoms with Gasteiger partial charge in [-0.3, -0.25) is 13.8 Å². The maximum absolute atomic E-state index is 13.1. The summed E-state index contributed by atoms with van der Waals surface area (Å²) in [6.45, 7) is 0. The van der Waals surface area contributed by atoms with Crippen molar-refractivity contribution >= 4 is 17.2 Å². The summed E-state index contributed by atoms with van der Waals surface area (Å²) < 4.78 is 15.9. The first-order valence-corrected chi connectivity index (χ1v) is 5.41. The van der Waals surface area contributed by atoms with E-state index in [0.29, 0.717) is 5.69 Å². The van der Waals surface area contributed by atoms with E-state index in [-0.39, 0.29) is 16.2 Å². The van der Waals surface area contributed by atoms with Crippen LogP contribution in [0.3, 0.4) is 0 Å². The average molecular weight is 265 g/mol. The lowest BCUT2D eigenvalue weighted by molar-refractivity contribution is 0.627. The van der Waals surface area contributed by atoms with Gasteiger partial charge >= 0.3 is 5.56 Å². The normalized spacial score (nSPS) is 11.0. The molecule has 2 heterocycles. The van der Waals surface area contributed by atoms with Crippen LogP contribution < -0.4 is 5.56 Å². The van der Waals surface area contributed by atoms with Crippen LogP contribution in [0.4, 0.5) is 4.39 Å². The molecule has 0 N–H and O–H groups in total. The Morgan fingerprint density at radius 1 is 1.28 bits per heavy atom. The van der Waals surface area contributed by atoms with Crippen molar-refractivity contribution in [1.82, 2.24) is 19.2 Å². The van der Waals surface area contributed by atoms with E-state index in [1.165, 1.54) is 33.5 Å². The number of hydrogen-bond donors (Lipinski definition) is 0. The molecule has 0 aliphatic heterocycles. The summed E-state index contributed by atoms with van der Waals surface area (Å²) in [5.41, 5.74) is 0.313. The Labute approximate surface area is 105 Å². The number of fused-ring (bicyclic) bond motifs is 1. The second-order valence-corrected chi connectivity index (χ2v) is 4.04. The molecule has 0 radical (unpaired) electrons. The van der Waals surface area contributed by atoms with Gasteiger partial charge in [-0.15, -0.1) is 10.2 Å². The Morgan fingerprint density at radius 3 is 2.89 bits per heavy atom. The minimum Gasteiger partial charge on any atom is -0.283 e. The van der Waals surface area contributed by atoms with Crippen molar-refractivity contribution in [3.8, 4) is 5.69 Å². The minimum absolute atomic E-state index is 0.0410. The molecule has 0 saturated heterocycles. The van der Waals surface area contributed by atoms with Gasteiger partial charge in [0.25, 0.3) is 0 Å². The van der Waals surface area contributed by atoms with E-state index in [0.717, 1.165) is 0 Å². The Bertz CT molecular complexity index is 795. The zero-order valence-electron chi connectivity index (χ0n) is 8.92. The molecule has 0 unspecified atom stereocenters. The number of hydrogen-bond acceptors (Lipinski definition) is 3. The second-order valence-electron chi connectivity index (χ2n) is 3.63. The van der Waals surface area contributed by atoms with Gasteiger partial charge < -0.3 is 0 Å². The first-order chi connectivity index (χ1) is 8.66. The van der Waals surface area contributed by atoms with Crippen LogP contribution in [0.1, 0.15) is 0 Å². The van der Waals surface area contributed by atoms with E-state index in [1.807, 2.05) is 0 Å².